The van der Waals surface area contributed by atoms with Gasteiger partial charge in [0.25, 0.3) is 0 Å². The lowest BCUT2D eigenvalue weighted by Gasteiger charge is -2.77. The first-order valence-corrected chi connectivity index (χ1v) is 8.03. The Morgan fingerprint density at radius 3 is 1.95 bits per heavy atom. The first kappa shape index (κ1) is 11.7. The number of halogens is 1. The Morgan fingerprint density at radius 2 is 1.50 bits per heavy atom. The van der Waals surface area contributed by atoms with Crippen LogP contribution in [0, 0.1) is 40.8 Å². The van der Waals surface area contributed by atoms with E-state index >= 15 is 0 Å². The van der Waals surface area contributed by atoms with E-state index in [-0.39, 0.29) is 11.2 Å². The highest BCUT2D eigenvalue weighted by Gasteiger charge is 2.76. The quantitative estimate of drug-likeness (QED) is 0.826. The molecule has 8 aliphatic rings. The van der Waals surface area contributed by atoms with E-state index in [0.717, 1.165) is 5.56 Å². The Bertz CT molecular complexity index is 548. The van der Waals surface area contributed by atoms with Crippen molar-refractivity contribution in [2.45, 2.75) is 38.2 Å². The van der Waals surface area contributed by atoms with Gasteiger partial charge in [-0.2, -0.15) is 0 Å². The molecule has 8 fully saturated rings. The summed E-state index contributed by atoms with van der Waals surface area (Å²) in [7, 11) is 0. The zero-order valence-corrected chi connectivity index (χ0v) is 11.8. The van der Waals surface area contributed by atoms with Crippen LogP contribution in [0.3, 0.4) is 0 Å². The molecule has 1 aromatic rings. The first-order valence-electron chi connectivity index (χ1n) is 8.03. The average Bonchev–Trinajstić information content (AvgIpc) is 2.41. The lowest BCUT2D eigenvalue weighted by Crippen LogP contribution is -2.75. The summed E-state index contributed by atoms with van der Waals surface area (Å²) >= 11 is 0. The molecule has 1 aromatic carbocycles. The summed E-state index contributed by atoms with van der Waals surface area (Å²) in [5.74, 6) is 2.95. The summed E-state index contributed by atoms with van der Waals surface area (Å²) in [5, 5.41) is 11.8. The molecule has 0 spiro atoms. The number of aliphatic hydroxyl groups is 1. The molecule has 1 atom stereocenters. The molecule has 6 bridgehead atoms. The van der Waals surface area contributed by atoms with Gasteiger partial charge in [-0.3, -0.25) is 0 Å². The van der Waals surface area contributed by atoms with Gasteiger partial charge in [0.15, 0.2) is 0 Å². The fraction of sp³-hybridized carbons (Fsp3) is 0.667. The zero-order chi connectivity index (χ0) is 13.7. The van der Waals surface area contributed by atoms with Crippen LogP contribution in [-0.4, -0.2) is 5.11 Å². The van der Waals surface area contributed by atoms with Crippen LogP contribution in [0.25, 0.3) is 0 Å². The van der Waals surface area contributed by atoms with Crippen LogP contribution >= 0.6 is 0 Å². The van der Waals surface area contributed by atoms with Crippen molar-refractivity contribution in [3.63, 3.8) is 0 Å². The van der Waals surface area contributed by atoms with E-state index in [9.17, 15) is 9.50 Å². The van der Waals surface area contributed by atoms with Gasteiger partial charge in [-0.1, -0.05) is 19.1 Å². The van der Waals surface area contributed by atoms with Crippen LogP contribution in [0.2, 0.25) is 0 Å². The molecule has 1 N–H and O–H groups in total. The van der Waals surface area contributed by atoms with Gasteiger partial charge in [0.2, 0.25) is 0 Å². The average molecular weight is 272 g/mol. The second-order valence-electron chi connectivity index (χ2n) is 7.94. The van der Waals surface area contributed by atoms with E-state index < -0.39 is 5.60 Å². The summed E-state index contributed by atoms with van der Waals surface area (Å²) < 4.78 is 13.3. The highest BCUT2D eigenvalue weighted by Crippen LogP contribution is 2.79. The summed E-state index contributed by atoms with van der Waals surface area (Å²) in [6.45, 7) is 2.32. The molecule has 106 valence electrons. The zero-order valence-electron chi connectivity index (χ0n) is 11.8. The Labute approximate surface area is 119 Å². The van der Waals surface area contributed by atoms with Crippen LogP contribution in [0.4, 0.5) is 4.39 Å². The minimum absolute atomic E-state index is 0.0129. The van der Waals surface area contributed by atoms with Gasteiger partial charge < -0.3 is 5.11 Å². The van der Waals surface area contributed by atoms with Gasteiger partial charge in [0.05, 0.1) is 5.60 Å². The van der Waals surface area contributed by atoms with Crippen LogP contribution in [-0.2, 0) is 5.60 Å². The van der Waals surface area contributed by atoms with E-state index in [1.54, 1.807) is 0 Å². The Morgan fingerprint density at radius 1 is 1.00 bits per heavy atom. The van der Waals surface area contributed by atoms with Crippen molar-refractivity contribution in [1.29, 1.82) is 0 Å². The maximum Gasteiger partial charge on any atom is 0.123 e. The molecule has 9 rings (SSSR count). The summed E-state index contributed by atoms with van der Waals surface area (Å²) in [6.07, 6.45) is 5.27. The van der Waals surface area contributed by atoms with Gasteiger partial charge >= 0.3 is 0 Å². The molecule has 0 aromatic heterocycles. The Balaban J connectivity index is 1.73. The smallest absolute Gasteiger partial charge is 0.123 e. The molecule has 1 nitrogen and oxygen atoms in total. The number of hydrogen-bond donors (Lipinski definition) is 1. The summed E-state index contributed by atoms with van der Waals surface area (Å²) in [6, 6.07) is 6.68. The lowest BCUT2D eigenvalue weighted by molar-refractivity contribution is -0.342. The van der Waals surface area contributed by atoms with E-state index in [0.29, 0.717) is 29.6 Å². The molecule has 8 aliphatic carbocycles. The molecule has 20 heavy (non-hydrogen) atoms. The Hall–Kier alpha value is -0.890. The van der Waals surface area contributed by atoms with Gasteiger partial charge in [-0.15, -0.1) is 0 Å². The number of rotatable bonds is 1. The molecule has 0 radical (unpaired) electrons. The second kappa shape index (κ2) is 3.30. The third kappa shape index (κ3) is 1.02. The SMILES string of the molecule is CC12C3CC4CC1CC(C3)C4[C@]2(O)c1ccc(F)cc1. The maximum atomic E-state index is 13.3. The highest BCUT2D eigenvalue weighted by atomic mass is 19.1. The van der Waals surface area contributed by atoms with Gasteiger partial charge in [-0.05, 0) is 73.0 Å². The topological polar surface area (TPSA) is 20.2 Å². The van der Waals surface area contributed by atoms with E-state index in [2.05, 4.69) is 6.92 Å². The van der Waals surface area contributed by atoms with Crippen LogP contribution < -0.4 is 0 Å². The van der Waals surface area contributed by atoms with Crippen LogP contribution in [0.5, 0.6) is 0 Å². The van der Waals surface area contributed by atoms with E-state index in [4.69, 9.17) is 0 Å². The lowest BCUT2D eigenvalue weighted by atomic mass is 9.28. The normalized spacial score (nSPS) is 54.9. The minimum atomic E-state index is -0.710. The Kier molecular flexibility index (Phi) is 1.93. The van der Waals surface area contributed by atoms with Gasteiger partial charge in [-0.25, -0.2) is 4.39 Å². The molecular formula is C18H21FO. The van der Waals surface area contributed by atoms with Crippen molar-refractivity contribution < 1.29 is 9.50 Å². The van der Waals surface area contributed by atoms with Crippen molar-refractivity contribution >= 4 is 0 Å². The summed E-state index contributed by atoms with van der Waals surface area (Å²) in [5.41, 5.74) is 0.271. The van der Waals surface area contributed by atoms with Crippen molar-refractivity contribution in [3.8, 4) is 0 Å². The molecule has 0 heterocycles. The van der Waals surface area contributed by atoms with E-state index in [1.165, 1.54) is 37.8 Å². The predicted octanol–water partition coefficient (Wildman–Crippen LogP) is 3.72. The van der Waals surface area contributed by atoms with E-state index in [1.807, 2.05) is 12.1 Å². The predicted molar refractivity (Wildman–Crippen MR) is 74.3 cm³/mol. The molecule has 8 saturated carbocycles. The van der Waals surface area contributed by atoms with Crippen molar-refractivity contribution in [1.82, 2.24) is 0 Å². The minimum Gasteiger partial charge on any atom is -0.384 e. The largest absolute Gasteiger partial charge is 0.384 e. The van der Waals surface area contributed by atoms with Crippen molar-refractivity contribution in [3.05, 3.63) is 35.6 Å². The third-order valence-corrected chi connectivity index (χ3v) is 7.65. The standard InChI is InChI=1S/C18H21FO/c1-17-13-6-10-7-14(17)9-11(8-13)16(10)18(17,20)12-2-4-15(19)5-3-12/h2-5,10-11,13-14,16,20H,6-9H2,1H3/t10?,11?,13?,14?,16?,17?,18-/m1/s1. The van der Waals surface area contributed by atoms with Gasteiger partial charge in [0.1, 0.15) is 5.82 Å². The molecule has 0 aliphatic heterocycles. The third-order valence-electron chi connectivity index (χ3n) is 7.65. The van der Waals surface area contributed by atoms with Crippen LogP contribution in [0.1, 0.15) is 38.2 Å². The summed E-state index contributed by atoms with van der Waals surface area (Å²) in [4.78, 5) is 0. The van der Waals surface area contributed by atoms with Crippen LogP contribution in [0.15, 0.2) is 24.3 Å². The first-order chi connectivity index (χ1) is 9.55. The fourth-order valence-electron chi connectivity index (χ4n) is 7.00. The molecular weight excluding hydrogens is 251 g/mol. The van der Waals surface area contributed by atoms with Crippen molar-refractivity contribution in [2.75, 3.05) is 0 Å². The molecule has 0 unspecified atom stereocenters. The van der Waals surface area contributed by atoms with Gasteiger partial charge in [0, 0.05) is 5.41 Å². The molecule has 2 heteroatoms. The maximum absolute atomic E-state index is 13.3. The molecule has 0 saturated heterocycles. The second-order valence-corrected chi connectivity index (χ2v) is 7.94. The highest BCUT2D eigenvalue weighted by molar-refractivity contribution is 5.35. The monoisotopic (exact) mass is 272 g/mol. The van der Waals surface area contributed by atoms with Crippen molar-refractivity contribution in [2.24, 2.45) is 35.0 Å². The number of benzene rings is 1. The number of hydrogen-bond acceptors (Lipinski definition) is 1. The molecule has 0 amide bonds. The fourth-order valence-corrected chi connectivity index (χ4v) is 7.00.